The SMILES string of the molecule is COCc1cc(COc2ccc(C(=O)O)cc2Cl)no1. The van der Waals surface area contributed by atoms with Crippen molar-refractivity contribution in [3.63, 3.8) is 0 Å². The molecule has 20 heavy (non-hydrogen) atoms. The second-order valence-electron chi connectivity index (χ2n) is 3.96. The van der Waals surface area contributed by atoms with Crippen LogP contribution in [0.5, 0.6) is 5.75 Å². The Bertz CT molecular complexity index is 611. The molecule has 0 aliphatic carbocycles. The summed E-state index contributed by atoms with van der Waals surface area (Å²) in [6, 6.07) is 5.96. The maximum absolute atomic E-state index is 10.8. The summed E-state index contributed by atoms with van der Waals surface area (Å²) in [6.07, 6.45) is 0. The van der Waals surface area contributed by atoms with Crippen LogP contribution >= 0.6 is 11.6 Å². The van der Waals surface area contributed by atoms with Gasteiger partial charge in [-0.3, -0.25) is 0 Å². The normalized spacial score (nSPS) is 10.5. The third-order valence-electron chi connectivity index (χ3n) is 2.45. The van der Waals surface area contributed by atoms with Gasteiger partial charge in [0.2, 0.25) is 0 Å². The number of ether oxygens (including phenoxy) is 2. The zero-order chi connectivity index (χ0) is 14.5. The maximum Gasteiger partial charge on any atom is 0.335 e. The maximum atomic E-state index is 10.8. The van der Waals surface area contributed by atoms with E-state index in [1.165, 1.54) is 18.2 Å². The predicted molar refractivity (Wildman–Crippen MR) is 70.0 cm³/mol. The first-order valence-corrected chi connectivity index (χ1v) is 6.07. The molecule has 0 unspecified atom stereocenters. The van der Waals surface area contributed by atoms with Crippen molar-refractivity contribution in [3.8, 4) is 5.75 Å². The Hall–Kier alpha value is -2.05. The highest BCUT2D eigenvalue weighted by Gasteiger charge is 2.09. The lowest BCUT2D eigenvalue weighted by Gasteiger charge is -2.06. The average Bonchev–Trinajstić information content (AvgIpc) is 2.85. The van der Waals surface area contributed by atoms with E-state index in [0.29, 0.717) is 23.8 Å². The van der Waals surface area contributed by atoms with Crippen LogP contribution in [0, 0.1) is 0 Å². The van der Waals surface area contributed by atoms with E-state index in [1.54, 1.807) is 13.2 Å². The smallest absolute Gasteiger partial charge is 0.335 e. The van der Waals surface area contributed by atoms with E-state index in [-0.39, 0.29) is 17.2 Å². The third-order valence-corrected chi connectivity index (χ3v) is 2.74. The van der Waals surface area contributed by atoms with Crippen molar-refractivity contribution in [2.75, 3.05) is 7.11 Å². The summed E-state index contributed by atoms with van der Waals surface area (Å²) in [4.78, 5) is 10.8. The fourth-order valence-electron chi connectivity index (χ4n) is 1.54. The second-order valence-corrected chi connectivity index (χ2v) is 4.36. The van der Waals surface area contributed by atoms with E-state index in [9.17, 15) is 4.79 Å². The minimum Gasteiger partial charge on any atom is -0.486 e. The highest BCUT2D eigenvalue weighted by Crippen LogP contribution is 2.26. The summed E-state index contributed by atoms with van der Waals surface area (Å²) >= 11 is 5.94. The number of carboxylic acids is 1. The molecular weight excluding hydrogens is 286 g/mol. The zero-order valence-corrected chi connectivity index (χ0v) is 11.4. The van der Waals surface area contributed by atoms with E-state index < -0.39 is 5.97 Å². The van der Waals surface area contributed by atoms with Crippen molar-refractivity contribution in [2.24, 2.45) is 0 Å². The predicted octanol–water partition coefficient (Wildman–Crippen LogP) is 2.75. The number of nitrogens with zero attached hydrogens (tertiary/aromatic N) is 1. The quantitative estimate of drug-likeness (QED) is 0.883. The number of carbonyl (C=O) groups is 1. The Morgan fingerprint density at radius 1 is 1.40 bits per heavy atom. The van der Waals surface area contributed by atoms with E-state index in [4.69, 9.17) is 30.7 Å². The van der Waals surface area contributed by atoms with Gasteiger partial charge in [0, 0.05) is 13.2 Å². The van der Waals surface area contributed by atoms with Gasteiger partial charge in [0.25, 0.3) is 0 Å². The monoisotopic (exact) mass is 297 g/mol. The van der Waals surface area contributed by atoms with Crippen molar-refractivity contribution in [2.45, 2.75) is 13.2 Å². The molecule has 0 amide bonds. The fraction of sp³-hybridized carbons (Fsp3) is 0.231. The number of benzene rings is 1. The summed E-state index contributed by atoms with van der Waals surface area (Å²) in [5, 5.41) is 12.9. The van der Waals surface area contributed by atoms with Gasteiger partial charge in [-0.15, -0.1) is 0 Å². The van der Waals surface area contributed by atoms with Crippen LogP contribution in [0.15, 0.2) is 28.8 Å². The number of hydrogen-bond donors (Lipinski definition) is 1. The first-order valence-electron chi connectivity index (χ1n) is 5.69. The van der Waals surface area contributed by atoms with Crippen molar-refractivity contribution in [3.05, 3.63) is 46.3 Å². The second kappa shape index (κ2) is 6.40. The molecule has 6 nitrogen and oxygen atoms in total. The molecule has 1 aromatic heterocycles. The van der Waals surface area contributed by atoms with Gasteiger partial charge in [-0.25, -0.2) is 4.79 Å². The molecule has 0 radical (unpaired) electrons. The number of aromatic carboxylic acids is 1. The molecule has 2 rings (SSSR count). The highest BCUT2D eigenvalue weighted by molar-refractivity contribution is 6.32. The van der Waals surface area contributed by atoms with Crippen LogP contribution < -0.4 is 4.74 Å². The summed E-state index contributed by atoms with van der Waals surface area (Å²) < 4.78 is 15.4. The lowest BCUT2D eigenvalue weighted by atomic mass is 10.2. The van der Waals surface area contributed by atoms with Gasteiger partial charge in [0.05, 0.1) is 10.6 Å². The Morgan fingerprint density at radius 2 is 2.20 bits per heavy atom. The molecule has 7 heteroatoms. The molecule has 0 saturated heterocycles. The molecule has 1 N–H and O–H groups in total. The number of aromatic nitrogens is 1. The van der Waals surface area contributed by atoms with Gasteiger partial charge < -0.3 is 19.1 Å². The van der Waals surface area contributed by atoms with Crippen LogP contribution in [0.3, 0.4) is 0 Å². The summed E-state index contributed by atoms with van der Waals surface area (Å²) in [7, 11) is 1.56. The van der Waals surface area contributed by atoms with Crippen molar-refractivity contribution < 1.29 is 23.9 Å². The number of hydrogen-bond acceptors (Lipinski definition) is 5. The average molecular weight is 298 g/mol. The van der Waals surface area contributed by atoms with Crippen molar-refractivity contribution >= 4 is 17.6 Å². The van der Waals surface area contributed by atoms with E-state index in [1.807, 2.05) is 0 Å². The molecule has 0 spiro atoms. The molecule has 0 aliphatic heterocycles. The molecule has 1 aromatic carbocycles. The van der Waals surface area contributed by atoms with Crippen LogP contribution in [0.1, 0.15) is 21.8 Å². The van der Waals surface area contributed by atoms with E-state index in [2.05, 4.69) is 5.16 Å². The minimum absolute atomic E-state index is 0.103. The summed E-state index contributed by atoms with van der Waals surface area (Å²) in [6.45, 7) is 0.500. The van der Waals surface area contributed by atoms with Gasteiger partial charge >= 0.3 is 5.97 Å². The highest BCUT2D eigenvalue weighted by atomic mass is 35.5. The molecule has 1 heterocycles. The lowest BCUT2D eigenvalue weighted by molar-refractivity contribution is 0.0697. The van der Waals surface area contributed by atoms with Crippen LogP contribution in [0.25, 0.3) is 0 Å². The molecule has 0 aliphatic rings. The van der Waals surface area contributed by atoms with Crippen molar-refractivity contribution in [1.82, 2.24) is 5.16 Å². The fourth-order valence-corrected chi connectivity index (χ4v) is 1.77. The standard InChI is InChI=1S/C13H12ClNO5/c1-18-7-10-5-9(15-20-10)6-19-12-3-2-8(13(16)17)4-11(12)14/h2-5H,6-7H2,1H3,(H,16,17). The number of carboxylic acid groups (broad SMARTS) is 1. The first-order chi connectivity index (χ1) is 9.60. The Morgan fingerprint density at radius 3 is 2.85 bits per heavy atom. The van der Waals surface area contributed by atoms with Gasteiger partial charge in [-0.1, -0.05) is 16.8 Å². The molecule has 0 fully saturated rings. The van der Waals surface area contributed by atoms with Crippen LogP contribution in [-0.2, 0) is 18.0 Å². The number of rotatable bonds is 6. The van der Waals surface area contributed by atoms with Gasteiger partial charge in [-0.05, 0) is 18.2 Å². The Kier molecular flexibility index (Phi) is 4.60. The summed E-state index contributed by atoms with van der Waals surface area (Å²) in [5.41, 5.74) is 0.696. The molecule has 0 atom stereocenters. The van der Waals surface area contributed by atoms with Crippen LogP contribution in [-0.4, -0.2) is 23.3 Å². The molecule has 0 bridgehead atoms. The first kappa shape index (κ1) is 14.4. The number of halogens is 1. The Labute approximate surface area is 119 Å². The zero-order valence-electron chi connectivity index (χ0n) is 10.6. The minimum atomic E-state index is -1.04. The van der Waals surface area contributed by atoms with Gasteiger partial charge in [0.15, 0.2) is 5.76 Å². The number of methoxy groups -OCH3 is 1. The summed E-state index contributed by atoms with van der Waals surface area (Å²) in [5.74, 6) is -0.0643. The molecular formula is C13H12ClNO5. The third kappa shape index (κ3) is 3.49. The van der Waals surface area contributed by atoms with E-state index >= 15 is 0 Å². The van der Waals surface area contributed by atoms with E-state index in [0.717, 1.165) is 0 Å². The Balaban J connectivity index is 2.01. The topological polar surface area (TPSA) is 81.8 Å². The van der Waals surface area contributed by atoms with Gasteiger partial charge in [0.1, 0.15) is 24.7 Å². The molecule has 106 valence electrons. The largest absolute Gasteiger partial charge is 0.486 e. The van der Waals surface area contributed by atoms with Crippen LogP contribution in [0.4, 0.5) is 0 Å². The van der Waals surface area contributed by atoms with Crippen LogP contribution in [0.2, 0.25) is 5.02 Å². The van der Waals surface area contributed by atoms with Crippen molar-refractivity contribution in [1.29, 1.82) is 0 Å². The lowest BCUT2D eigenvalue weighted by Crippen LogP contribution is -1.99. The van der Waals surface area contributed by atoms with Gasteiger partial charge in [-0.2, -0.15) is 0 Å². The molecule has 2 aromatic rings. The molecule has 0 saturated carbocycles.